The summed E-state index contributed by atoms with van der Waals surface area (Å²) >= 11 is 0. The van der Waals surface area contributed by atoms with Crippen molar-refractivity contribution in [2.75, 3.05) is 0 Å². The zero-order valence-electron chi connectivity index (χ0n) is 12.5. The predicted octanol–water partition coefficient (Wildman–Crippen LogP) is 1.48. The first-order chi connectivity index (χ1) is 10.5. The predicted molar refractivity (Wildman–Crippen MR) is 79.0 cm³/mol. The molecule has 0 spiro atoms. The Kier molecular flexibility index (Phi) is 4.95. The van der Waals surface area contributed by atoms with Crippen LogP contribution in [0.2, 0.25) is 0 Å². The Morgan fingerprint density at radius 2 is 1.77 bits per heavy atom. The van der Waals surface area contributed by atoms with Gasteiger partial charge in [-0.05, 0) is 23.3 Å². The molecule has 6 heteroatoms. The van der Waals surface area contributed by atoms with Gasteiger partial charge in [0.15, 0.2) is 0 Å². The Labute approximate surface area is 126 Å². The molecule has 0 aliphatic carbocycles. The molecule has 0 saturated heterocycles. The van der Waals surface area contributed by atoms with E-state index in [0.29, 0.717) is 22.1 Å². The van der Waals surface area contributed by atoms with Gasteiger partial charge in [-0.15, -0.1) is 0 Å². The summed E-state index contributed by atoms with van der Waals surface area (Å²) in [5, 5.41) is 19.2. The Morgan fingerprint density at radius 1 is 1.14 bits per heavy atom. The van der Waals surface area contributed by atoms with E-state index in [1.165, 1.54) is 12.1 Å². The fourth-order valence-corrected chi connectivity index (χ4v) is 2.09. The zero-order valence-corrected chi connectivity index (χ0v) is 12.5. The van der Waals surface area contributed by atoms with Crippen LogP contribution in [0.25, 0.3) is 11.0 Å². The van der Waals surface area contributed by atoms with E-state index in [2.05, 4.69) is 0 Å². The molecular formula is C16H18O6. The third kappa shape index (κ3) is 3.35. The highest BCUT2D eigenvalue weighted by atomic mass is 16.5. The number of aliphatic hydroxyl groups is 2. The normalized spacial score (nSPS) is 11.1. The summed E-state index contributed by atoms with van der Waals surface area (Å²) in [6, 6.07) is 4.40. The van der Waals surface area contributed by atoms with Crippen LogP contribution in [0.5, 0.6) is 0 Å². The number of ether oxygens (including phenoxy) is 1. The van der Waals surface area contributed by atoms with Crippen LogP contribution in [0, 0.1) is 5.92 Å². The molecule has 0 radical (unpaired) electrons. The maximum absolute atomic E-state index is 11.6. The Balaban J connectivity index is 2.49. The van der Waals surface area contributed by atoms with Crippen LogP contribution >= 0.6 is 0 Å². The fourth-order valence-electron chi connectivity index (χ4n) is 2.09. The van der Waals surface area contributed by atoms with Crippen LogP contribution in [0.3, 0.4) is 0 Å². The lowest BCUT2D eigenvalue weighted by Crippen LogP contribution is -2.12. The van der Waals surface area contributed by atoms with Crippen molar-refractivity contribution in [3.05, 3.63) is 45.3 Å². The van der Waals surface area contributed by atoms with E-state index < -0.39 is 5.63 Å². The average molecular weight is 306 g/mol. The molecule has 0 aliphatic heterocycles. The lowest BCUT2D eigenvalue weighted by atomic mass is 10.0. The van der Waals surface area contributed by atoms with Gasteiger partial charge in [0.1, 0.15) is 12.2 Å². The van der Waals surface area contributed by atoms with Crippen molar-refractivity contribution in [1.82, 2.24) is 0 Å². The first-order valence-corrected chi connectivity index (χ1v) is 6.93. The topological polar surface area (TPSA) is 97.0 Å². The van der Waals surface area contributed by atoms with Crippen molar-refractivity contribution < 1.29 is 24.2 Å². The molecule has 0 aliphatic rings. The van der Waals surface area contributed by atoms with E-state index >= 15 is 0 Å². The standard InChI is InChI=1S/C16H18O6/c1-9(2)16(20)21-8-12-5-15(19)22-14-4-11(7-18)10(6-17)3-13(12)14/h3-5,9,17-18H,6-8H2,1-2H3. The maximum atomic E-state index is 11.6. The van der Waals surface area contributed by atoms with Gasteiger partial charge in [-0.25, -0.2) is 4.79 Å². The first-order valence-electron chi connectivity index (χ1n) is 6.93. The van der Waals surface area contributed by atoms with Crippen LogP contribution in [0.4, 0.5) is 0 Å². The minimum atomic E-state index is -0.566. The Morgan fingerprint density at radius 3 is 2.36 bits per heavy atom. The largest absolute Gasteiger partial charge is 0.461 e. The molecule has 22 heavy (non-hydrogen) atoms. The zero-order chi connectivity index (χ0) is 16.3. The maximum Gasteiger partial charge on any atom is 0.336 e. The number of benzene rings is 1. The van der Waals surface area contributed by atoms with Crippen molar-refractivity contribution in [2.24, 2.45) is 5.92 Å². The van der Waals surface area contributed by atoms with Crippen molar-refractivity contribution >= 4 is 16.9 Å². The first kappa shape index (κ1) is 16.2. The monoisotopic (exact) mass is 306 g/mol. The van der Waals surface area contributed by atoms with Gasteiger partial charge in [0.2, 0.25) is 0 Å². The lowest BCUT2D eigenvalue weighted by Gasteiger charge is -2.11. The molecule has 2 N–H and O–H groups in total. The van der Waals surface area contributed by atoms with Gasteiger partial charge in [-0.2, -0.15) is 0 Å². The molecule has 2 rings (SSSR count). The van der Waals surface area contributed by atoms with Crippen LogP contribution < -0.4 is 5.63 Å². The van der Waals surface area contributed by atoms with Crippen molar-refractivity contribution in [2.45, 2.75) is 33.7 Å². The van der Waals surface area contributed by atoms with Gasteiger partial charge in [0.05, 0.1) is 19.1 Å². The molecule has 0 fully saturated rings. The molecule has 1 aromatic heterocycles. The second-order valence-electron chi connectivity index (χ2n) is 5.29. The summed E-state index contributed by atoms with van der Waals surface area (Å²) in [4.78, 5) is 23.2. The summed E-state index contributed by atoms with van der Waals surface area (Å²) in [6.07, 6.45) is 0. The molecular weight excluding hydrogens is 288 g/mol. The lowest BCUT2D eigenvalue weighted by molar-refractivity contribution is -0.148. The van der Waals surface area contributed by atoms with Crippen LogP contribution in [0.15, 0.2) is 27.4 Å². The smallest absolute Gasteiger partial charge is 0.336 e. The van der Waals surface area contributed by atoms with Gasteiger partial charge >= 0.3 is 11.6 Å². The number of rotatable bonds is 5. The van der Waals surface area contributed by atoms with Gasteiger partial charge in [-0.1, -0.05) is 13.8 Å². The fraction of sp³-hybridized carbons (Fsp3) is 0.375. The molecule has 0 saturated carbocycles. The van der Waals surface area contributed by atoms with E-state index in [4.69, 9.17) is 9.15 Å². The van der Waals surface area contributed by atoms with Crippen molar-refractivity contribution in [3.63, 3.8) is 0 Å². The van der Waals surface area contributed by atoms with Gasteiger partial charge in [-0.3, -0.25) is 4.79 Å². The highest BCUT2D eigenvalue weighted by Crippen LogP contribution is 2.23. The van der Waals surface area contributed by atoms with Crippen molar-refractivity contribution in [3.8, 4) is 0 Å². The SMILES string of the molecule is CC(C)C(=O)OCc1cc(=O)oc2cc(CO)c(CO)cc12. The van der Waals surface area contributed by atoms with Crippen molar-refractivity contribution in [1.29, 1.82) is 0 Å². The van der Waals surface area contributed by atoms with E-state index in [1.807, 2.05) is 0 Å². The van der Waals surface area contributed by atoms with Crippen LogP contribution in [-0.4, -0.2) is 16.2 Å². The third-order valence-electron chi connectivity index (χ3n) is 3.33. The number of carbonyl (C=O) groups is 1. The summed E-state index contributed by atoms with van der Waals surface area (Å²) in [5.41, 5.74) is 1.22. The summed E-state index contributed by atoms with van der Waals surface area (Å²) in [7, 11) is 0. The highest BCUT2D eigenvalue weighted by Gasteiger charge is 2.13. The number of esters is 1. The number of carbonyl (C=O) groups excluding carboxylic acids is 1. The second kappa shape index (κ2) is 6.72. The number of hydrogen-bond acceptors (Lipinski definition) is 6. The Hall–Kier alpha value is -2.18. The summed E-state index contributed by atoms with van der Waals surface area (Å²) in [6.45, 7) is 2.86. The minimum absolute atomic E-state index is 0.0531. The van der Waals surface area contributed by atoms with Gasteiger partial charge < -0.3 is 19.4 Å². The second-order valence-corrected chi connectivity index (χ2v) is 5.29. The van der Waals surface area contributed by atoms with Gasteiger partial charge in [0, 0.05) is 17.0 Å². The molecule has 1 aromatic carbocycles. The molecule has 0 amide bonds. The molecule has 6 nitrogen and oxygen atoms in total. The quantitative estimate of drug-likeness (QED) is 0.641. The third-order valence-corrected chi connectivity index (χ3v) is 3.33. The number of hydrogen-bond donors (Lipinski definition) is 2. The molecule has 0 unspecified atom stereocenters. The van der Waals surface area contributed by atoms with Gasteiger partial charge in [0.25, 0.3) is 0 Å². The van der Waals surface area contributed by atoms with Crippen LogP contribution in [0.1, 0.15) is 30.5 Å². The summed E-state index contributed by atoms with van der Waals surface area (Å²) < 4.78 is 10.3. The van der Waals surface area contributed by atoms with E-state index in [1.54, 1.807) is 19.9 Å². The van der Waals surface area contributed by atoms with E-state index in [0.717, 1.165) is 0 Å². The number of aliphatic hydroxyl groups excluding tert-OH is 2. The molecule has 2 aromatic rings. The molecule has 0 atom stereocenters. The van der Waals surface area contributed by atoms with Crippen LogP contribution in [-0.2, 0) is 29.4 Å². The number of fused-ring (bicyclic) bond motifs is 1. The minimum Gasteiger partial charge on any atom is -0.461 e. The van der Waals surface area contributed by atoms with E-state index in [-0.39, 0.29) is 37.3 Å². The highest BCUT2D eigenvalue weighted by molar-refractivity contribution is 5.82. The van der Waals surface area contributed by atoms with E-state index in [9.17, 15) is 19.8 Å². The average Bonchev–Trinajstić information content (AvgIpc) is 2.50. The molecule has 0 bridgehead atoms. The molecule has 1 heterocycles. The Bertz CT molecular complexity index is 744. The molecule has 118 valence electrons. The summed E-state index contributed by atoms with van der Waals surface area (Å²) in [5.74, 6) is -0.629.